The zero-order chi connectivity index (χ0) is 18.1. The summed E-state index contributed by atoms with van der Waals surface area (Å²) in [6.45, 7) is 3.16. The minimum absolute atomic E-state index is 0. The first-order valence-electron chi connectivity index (χ1n) is 8.51. The first-order valence-corrected chi connectivity index (χ1v) is 8.51. The second-order valence-electron chi connectivity index (χ2n) is 6.53. The first-order chi connectivity index (χ1) is 12.6. The van der Waals surface area contributed by atoms with Crippen molar-refractivity contribution in [2.24, 2.45) is 13.0 Å². The number of anilines is 1. The average Bonchev–Trinajstić information content (AvgIpc) is 3.35. The second kappa shape index (κ2) is 7.89. The maximum atomic E-state index is 12.8. The summed E-state index contributed by atoms with van der Waals surface area (Å²) in [5.74, 6) is 0.979. The quantitative estimate of drug-likeness (QED) is 0.710. The number of nitrogens with one attached hydrogen (secondary N) is 2. The number of hydrogen-bond acceptors (Lipinski definition) is 6. The Morgan fingerprint density at radius 1 is 1.37 bits per heavy atom. The fourth-order valence-electron chi connectivity index (χ4n) is 3.32. The zero-order valence-corrected chi connectivity index (χ0v) is 15.9. The van der Waals surface area contributed by atoms with E-state index in [9.17, 15) is 4.79 Å². The van der Waals surface area contributed by atoms with E-state index in [1.54, 1.807) is 11.6 Å². The van der Waals surface area contributed by atoms with Crippen molar-refractivity contribution in [1.29, 1.82) is 0 Å². The Labute approximate surface area is 162 Å². The normalized spacial score (nSPS) is 18.9. The summed E-state index contributed by atoms with van der Waals surface area (Å²) in [6, 6.07) is 7.46. The highest BCUT2D eigenvalue weighted by Gasteiger charge is 2.34. The molecular weight excluding hydrogens is 368 g/mol. The Morgan fingerprint density at radius 3 is 2.93 bits per heavy atom. The van der Waals surface area contributed by atoms with Gasteiger partial charge in [-0.05, 0) is 17.7 Å². The Bertz CT molecular complexity index is 937. The van der Waals surface area contributed by atoms with E-state index in [-0.39, 0.29) is 30.2 Å². The van der Waals surface area contributed by atoms with E-state index >= 15 is 0 Å². The highest BCUT2D eigenvalue weighted by molar-refractivity contribution is 5.94. The van der Waals surface area contributed by atoms with Crippen LogP contribution in [-0.4, -0.2) is 38.9 Å². The Hall–Kier alpha value is -2.71. The van der Waals surface area contributed by atoms with Crippen LogP contribution in [0.2, 0.25) is 0 Å². The lowest BCUT2D eigenvalue weighted by molar-refractivity contribution is -0.119. The summed E-state index contributed by atoms with van der Waals surface area (Å²) in [5.41, 5.74) is 2.59. The van der Waals surface area contributed by atoms with Gasteiger partial charge in [-0.15, -0.1) is 12.4 Å². The van der Waals surface area contributed by atoms with E-state index in [2.05, 4.69) is 25.9 Å². The Balaban J connectivity index is 0.00000210. The van der Waals surface area contributed by atoms with E-state index in [1.165, 1.54) is 0 Å². The van der Waals surface area contributed by atoms with Gasteiger partial charge in [-0.3, -0.25) is 9.48 Å². The molecule has 3 heterocycles. The molecule has 0 spiro atoms. The molecule has 0 aliphatic carbocycles. The average molecular weight is 389 g/mol. The summed E-state index contributed by atoms with van der Waals surface area (Å²) in [5, 5.41) is 14.5. The fraction of sp³-hybridized carbons (Fsp3) is 0.333. The number of amides is 1. The van der Waals surface area contributed by atoms with Gasteiger partial charge < -0.3 is 15.2 Å². The highest BCUT2D eigenvalue weighted by Crippen LogP contribution is 2.29. The van der Waals surface area contributed by atoms with Gasteiger partial charge >= 0.3 is 0 Å². The van der Waals surface area contributed by atoms with Crippen LogP contribution in [0.3, 0.4) is 0 Å². The Kier molecular flexibility index (Phi) is 5.57. The number of nitrogens with zero attached hydrogens (tertiary/aromatic N) is 4. The molecule has 3 aromatic rings. The van der Waals surface area contributed by atoms with Gasteiger partial charge in [0.25, 0.3) is 0 Å². The van der Waals surface area contributed by atoms with Gasteiger partial charge in [-0.25, -0.2) is 0 Å². The summed E-state index contributed by atoms with van der Waals surface area (Å²) in [4.78, 5) is 17.1. The molecule has 0 bridgehead atoms. The van der Waals surface area contributed by atoms with Crippen molar-refractivity contribution in [3.05, 3.63) is 48.1 Å². The molecule has 1 aliphatic rings. The molecule has 4 rings (SSSR count). The standard InChI is InChI=1S/C18H20N6O2.ClH/c1-11-21-17(23-26-11)12-4-3-5-14(6-12)22-18(25)16-9-19-8-15(16)13-7-20-24(2)10-13;/h3-7,10,15-16,19H,8-9H2,1-2H3,(H,22,25);1H/t15-,16+;/m1./s1. The fourth-order valence-corrected chi connectivity index (χ4v) is 3.32. The molecule has 9 heteroatoms. The van der Waals surface area contributed by atoms with Crippen LogP contribution in [0, 0.1) is 12.8 Å². The van der Waals surface area contributed by atoms with Gasteiger partial charge in [-0.1, -0.05) is 17.3 Å². The van der Waals surface area contributed by atoms with Gasteiger partial charge in [0.05, 0.1) is 12.1 Å². The summed E-state index contributed by atoms with van der Waals surface area (Å²) in [6.07, 6.45) is 3.80. The van der Waals surface area contributed by atoms with Crippen LogP contribution >= 0.6 is 12.4 Å². The third kappa shape index (κ3) is 4.01. The molecule has 1 aromatic carbocycles. The molecule has 1 fully saturated rings. The molecular formula is C18H21ClN6O2. The third-order valence-corrected chi connectivity index (χ3v) is 4.62. The Morgan fingerprint density at radius 2 is 2.22 bits per heavy atom. The number of benzene rings is 1. The van der Waals surface area contributed by atoms with Crippen molar-refractivity contribution >= 4 is 24.0 Å². The molecule has 1 aliphatic heterocycles. The molecule has 1 amide bonds. The minimum atomic E-state index is -0.143. The molecule has 8 nitrogen and oxygen atoms in total. The lowest BCUT2D eigenvalue weighted by Crippen LogP contribution is -2.28. The first kappa shape index (κ1) is 19.1. The maximum absolute atomic E-state index is 12.8. The molecule has 2 aromatic heterocycles. The van der Waals surface area contributed by atoms with Crippen molar-refractivity contribution < 1.29 is 9.32 Å². The van der Waals surface area contributed by atoms with E-state index < -0.39 is 0 Å². The lowest BCUT2D eigenvalue weighted by Gasteiger charge is -2.17. The van der Waals surface area contributed by atoms with Crippen LogP contribution in [0.1, 0.15) is 17.4 Å². The van der Waals surface area contributed by atoms with Crippen LogP contribution in [-0.2, 0) is 11.8 Å². The van der Waals surface area contributed by atoms with Crippen LogP contribution in [0.4, 0.5) is 5.69 Å². The van der Waals surface area contributed by atoms with Gasteiger partial charge in [0.2, 0.25) is 17.6 Å². The van der Waals surface area contributed by atoms with Crippen molar-refractivity contribution in [3.63, 3.8) is 0 Å². The number of rotatable bonds is 4. The number of carbonyl (C=O) groups is 1. The van der Waals surface area contributed by atoms with Crippen LogP contribution < -0.4 is 10.6 Å². The van der Waals surface area contributed by atoms with E-state index in [0.717, 1.165) is 17.7 Å². The van der Waals surface area contributed by atoms with Crippen LogP contribution in [0.25, 0.3) is 11.4 Å². The molecule has 0 unspecified atom stereocenters. The largest absolute Gasteiger partial charge is 0.339 e. The molecule has 2 atom stereocenters. The van der Waals surface area contributed by atoms with Gasteiger partial charge in [0.1, 0.15) is 0 Å². The van der Waals surface area contributed by atoms with Crippen LogP contribution in [0.5, 0.6) is 0 Å². The summed E-state index contributed by atoms with van der Waals surface area (Å²) < 4.78 is 6.78. The monoisotopic (exact) mass is 388 g/mol. The van der Waals surface area contributed by atoms with Gasteiger partial charge in [0.15, 0.2) is 0 Å². The predicted molar refractivity (Wildman–Crippen MR) is 103 cm³/mol. The summed E-state index contributed by atoms with van der Waals surface area (Å²) >= 11 is 0. The zero-order valence-electron chi connectivity index (χ0n) is 15.0. The second-order valence-corrected chi connectivity index (χ2v) is 6.53. The van der Waals surface area contributed by atoms with Crippen molar-refractivity contribution in [2.45, 2.75) is 12.8 Å². The molecule has 0 saturated carbocycles. The molecule has 142 valence electrons. The van der Waals surface area contributed by atoms with Crippen LogP contribution in [0.15, 0.2) is 41.2 Å². The number of halogens is 1. The van der Waals surface area contributed by atoms with E-state index in [1.807, 2.05) is 43.7 Å². The summed E-state index contributed by atoms with van der Waals surface area (Å²) in [7, 11) is 1.88. The van der Waals surface area contributed by atoms with Gasteiger partial charge in [0, 0.05) is 50.4 Å². The third-order valence-electron chi connectivity index (χ3n) is 4.62. The lowest BCUT2D eigenvalue weighted by atomic mass is 9.90. The minimum Gasteiger partial charge on any atom is -0.339 e. The van der Waals surface area contributed by atoms with E-state index in [0.29, 0.717) is 23.9 Å². The van der Waals surface area contributed by atoms with Crippen molar-refractivity contribution in [3.8, 4) is 11.4 Å². The highest BCUT2D eigenvalue weighted by atomic mass is 35.5. The maximum Gasteiger partial charge on any atom is 0.229 e. The number of carbonyl (C=O) groups excluding carboxylic acids is 1. The van der Waals surface area contributed by atoms with Gasteiger partial charge in [-0.2, -0.15) is 10.1 Å². The number of aryl methyl sites for hydroxylation is 2. The van der Waals surface area contributed by atoms with E-state index in [4.69, 9.17) is 4.52 Å². The number of hydrogen-bond donors (Lipinski definition) is 2. The topological polar surface area (TPSA) is 97.9 Å². The molecule has 27 heavy (non-hydrogen) atoms. The van der Waals surface area contributed by atoms with Crippen molar-refractivity contribution in [1.82, 2.24) is 25.2 Å². The molecule has 2 N–H and O–H groups in total. The smallest absolute Gasteiger partial charge is 0.229 e. The predicted octanol–water partition coefficient (Wildman–Crippen LogP) is 2.14. The number of aromatic nitrogens is 4. The van der Waals surface area contributed by atoms with Crippen molar-refractivity contribution in [2.75, 3.05) is 18.4 Å². The molecule has 1 saturated heterocycles. The molecule has 0 radical (unpaired) electrons. The SMILES string of the molecule is Cc1nc(-c2cccc(NC(=O)[C@H]3CNC[C@@H]3c3cnn(C)c3)c2)no1.Cl.